The molecule has 0 bridgehead atoms. The van der Waals surface area contributed by atoms with E-state index in [4.69, 9.17) is 0 Å². The third-order valence-electron chi connectivity index (χ3n) is 3.64. The highest BCUT2D eigenvalue weighted by atomic mass is 16.5. The molecule has 1 aromatic rings. The minimum atomic E-state index is -0.00887. The van der Waals surface area contributed by atoms with Gasteiger partial charge in [0, 0.05) is 14.0 Å². The van der Waals surface area contributed by atoms with Crippen molar-refractivity contribution in [2.24, 2.45) is 0 Å². The van der Waals surface area contributed by atoms with Gasteiger partial charge in [-0.25, -0.2) is 0 Å². The molecule has 1 aliphatic rings. The van der Waals surface area contributed by atoms with Gasteiger partial charge in [0.15, 0.2) is 0 Å². The normalized spacial score (nSPS) is 14.7. The maximum Gasteiger partial charge on any atom is 0.293 e. The molecule has 124 valence electrons. The van der Waals surface area contributed by atoms with Crippen LogP contribution in [-0.2, 0) is 14.3 Å². The van der Waals surface area contributed by atoms with E-state index in [-0.39, 0.29) is 13.4 Å². The standard InChI is InChI=1S/C14H19NO.C4H8O2.H2/c1-11(16)15-14-9-7-13(8-10-14)12-5-3-2-4-6-12;1-4(2)6-3-5;/h7-10,12H,2-6H2,1H3,(H,15,16);3-4H,1-2H3;1H. The average molecular weight is 307 g/mol. The van der Waals surface area contributed by atoms with E-state index in [0.717, 1.165) is 11.6 Å². The van der Waals surface area contributed by atoms with Crippen molar-refractivity contribution in [1.82, 2.24) is 0 Å². The molecule has 0 spiro atoms. The number of carbonyl (C=O) groups excluding carboxylic acids is 2. The summed E-state index contributed by atoms with van der Waals surface area (Å²) in [5.74, 6) is 0.727. The molecule has 0 aliphatic heterocycles. The first kappa shape index (κ1) is 18.2. The van der Waals surface area contributed by atoms with E-state index >= 15 is 0 Å². The number of ether oxygens (including phenoxy) is 1. The molecule has 4 heteroatoms. The smallest absolute Gasteiger partial charge is 0.293 e. The summed E-state index contributed by atoms with van der Waals surface area (Å²) in [6.07, 6.45) is 6.78. The van der Waals surface area contributed by atoms with Crippen LogP contribution in [0.25, 0.3) is 0 Å². The largest absolute Gasteiger partial charge is 0.465 e. The van der Waals surface area contributed by atoms with E-state index in [9.17, 15) is 9.59 Å². The highest BCUT2D eigenvalue weighted by Crippen LogP contribution is 2.32. The number of hydrogen-bond donors (Lipinski definition) is 1. The van der Waals surface area contributed by atoms with Gasteiger partial charge in [0.2, 0.25) is 5.91 Å². The van der Waals surface area contributed by atoms with Gasteiger partial charge >= 0.3 is 0 Å². The zero-order valence-electron chi connectivity index (χ0n) is 13.8. The van der Waals surface area contributed by atoms with Crippen molar-refractivity contribution in [3.63, 3.8) is 0 Å². The van der Waals surface area contributed by atoms with E-state index in [1.165, 1.54) is 44.6 Å². The summed E-state index contributed by atoms with van der Waals surface area (Å²) < 4.78 is 4.36. The van der Waals surface area contributed by atoms with Crippen molar-refractivity contribution in [2.45, 2.75) is 64.9 Å². The Morgan fingerprint density at radius 1 is 1.23 bits per heavy atom. The fourth-order valence-corrected chi connectivity index (χ4v) is 2.59. The van der Waals surface area contributed by atoms with Gasteiger partial charge in [-0.3, -0.25) is 9.59 Å². The van der Waals surface area contributed by atoms with Gasteiger partial charge < -0.3 is 10.1 Å². The lowest BCUT2D eigenvalue weighted by molar-refractivity contribution is -0.132. The van der Waals surface area contributed by atoms with E-state index in [1.54, 1.807) is 13.8 Å². The van der Waals surface area contributed by atoms with Gasteiger partial charge in [0.05, 0.1) is 6.10 Å². The molecule has 1 fully saturated rings. The summed E-state index contributed by atoms with van der Waals surface area (Å²) in [6, 6.07) is 8.32. The molecule has 0 aromatic heterocycles. The molecule has 1 N–H and O–H groups in total. The van der Waals surface area contributed by atoms with Gasteiger partial charge in [0.1, 0.15) is 0 Å². The number of anilines is 1. The van der Waals surface area contributed by atoms with Crippen LogP contribution in [0.2, 0.25) is 0 Å². The second-order valence-electron chi connectivity index (χ2n) is 5.92. The van der Waals surface area contributed by atoms with Crippen molar-refractivity contribution in [2.75, 3.05) is 5.32 Å². The van der Waals surface area contributed by atoms with Crippen LogP contribution in [-0.4, -0.2) is 18.5 Å². The Bertz CT molecular complexity index is 454. The Morgan fingerprint density at radius 2 is 1.82 bits per heavy atom. The quantitative estimate of drug-likeness (QED) is 0.833. The molecule has 0 saturated heterocycles. The number of nitrogens with one attached hydrogen (secondary N) is 1. The number of benzene rings is 1. The maximum absolute atomic E-state index is 10.9. The summed E-state index contributed by atoms with van der Waals surface area (Å²) in [6.45, 7) is 5.59. The van der Waals surface area contributed by atoms with E-state index in [2.05, 4.69) is 22.2 Å². The molecule has 0 atom stereocenters. The molecule has 1 saturated carbocycles. The number of rotatable bonds is 4. The minimum Gasteiger partial charge on any atom is -0.465 e. The van der Waals surface area contributed by atoms with Crippen LogP contribution in [0.5, 0.6) is 0 Å². The molecular formula is C18H29NO3. The second-order valence-corrected chi connectivity index (χ2v) is 5.92. The molecule has 0 radical (unpaired) electrons. The maximum atomic E-state index is 10.9. The zero-order chi connectivity index (χ0) is 16.4. The summed E-state index contributed by atoms with van der Waals surface area (Å²) in [7, 11) is 0. The fourth-order valence-electron chi connectivity index (χ4n) is 2.59. The molecule has 4 nitrogen and oxygen atoms in total. The van der Waals surface area contributed by atoms with Crippen LogP contribution in [0.15, 0.2) is 24.3 Å². The number of carbonyl (C=O) groups is 2. The Balaban J connectivity index is 0.000000599. The first-order valence-electron chi connectivity index (χ1n) is 7.99. The average Bonchev–Trinajstić information content (AvgIpc) is 2.49. The van der Waals surface area contributed by atoms with E-state index in [0.29, 0.717) is 6.47 Å². The van der Waals surface area contributed by atoms with Crippen molar-refractivity contribution in [1.29, 1.82) is 0 Å². The first-order valence-corrected chi connectivity index (χ1v) is 7.99. The lowest BCUT2D eigenvalue weighted by Crippen LogP contribution is -2.07. The molecule has 1 amide bonds. The summed E-state index contributed by atoms with van der Waals surface area (Å²) in [5, 5.41) is 2.80. The predicted molar refractivity (Wildman–Crippen MR) is 91.0 cm³/mol. The monoisotopic (exact) mass is 307 g/mol. The summed E-state index contributed by atoms with van der Waals surface area (Å²) >= 11 is 0. The van der Waals surface area contributed by atoms with Crippen LogP contribution in [0.1, 0.15) is 65.8 Å². The van der Waals surface area contributed by atoms with Crippen LogP contribution in [0.4, 0.5) is 5.69 Å². The Kier molecular flexibility index (Phi) is 8.26. The number of amides is 1. The van der Waals surface area contributed by atoms with Crippen LogP contribution in [0.3, 0.4) is 0 Å². The third kappa shape index (κ3) is 7.25. The van der Waals surface area contributed by atoms with Gasteiger partial charge in [-0.15, -0.1) is 0 Å². The lowest BCUT2D eigenvalue weighted by Gasteiger charge is -2.22. The van der Waals surface area contributed by atoms with E-state index < -0.39 is 0 Å². The summed E-state index contributed by atoms with van der Waals surface area (Å²) in [4.78, 5) is 20.3. The highest BCUT2D eigenvalue weighted by Gasteiger charge is 2.14. The van der Waals surface area contributed by atoms with Gasteiger partial charge in [-0.05, 0) is 50.3 Å². The minimum absolute atomic E-state index is 0. The molecule has 0 heterocycles. The Labute approximate surface area is 134 Å². The second kappa shape index (κ2) is 9.98. The molecule has 1 aromatic carbocycles. The molecule has 22 heavy (non-hydrogen) atoms. The van der Waals surface area contributed by atoms with E-state index in [1.807, 2.05) is 12.1 Å². The first-order chi connectivity index (χ1) is 10.5. The van der Waals surface area contributed by atoms with Crippen molar-refractivity contribution in [3.05, 3.63) is 29.8 Å². The molecular weight excluding hydrogens is 278 g/mol. The van der Waals surface area contributed by atoms with Crippen molar-refractivity contribution < 1.29 is 15.8 Å². The summed E-state index contributed by atoms with van der Waals surface area (Å²) in [5.41, 5.74) is 2.32. The van der Waals surface area contributed by atoms with Crippen LogP contribution >= 0.6 is 0 Å². The van der Waals surface area contributed by atoms with Crippen LogP contribution < -0.4 is 5.32 Å². The van der Waals surface area contributed by atoms with Crippen molar-refractivity contribution >= 4 is 18.1 Å². The Morgan fingerprint density at radius 3 is 2.23 bits per heavy atom. The highest BCUT2D eigenvalue weighted by molar-refractivity contribution is 5.88. The lowest BCUT2D eigenvalue weighted by atomic mass is 9.84. The van der Waals surface area contributed by atoms with Gasteiger partial charge in [0.25, 0.3) is 6.47 Å². The Hall–Kier alpha value is -1.84. The number of hydrogen-bond acceptors (Lipinski definition) is 3. The van der Waals surface area contributed by atoms with Crippen molar-refractivity contribution in [3.8, 4) is 0 Å². The topological polar surface area (TPSA) is 55.4 Å². The third-order valence-corrected chi connectivity index (χ3v) is 3.64. The predicted octanol–water partition coefficient (Wildman–Crippen LogP) is 4.51. The molecule has 1 aliphatic carbocycles. The SMILES string of the molecule is CC(=O)Nc1ccc(C2CCCCC2)cc1.CC(C)OC=O.[HH]. The van der Waals surface area contributed by atoms with Gasteiger partial charge in [-0.2, -0.15) is 0 Å². The molecule has 2 rings (SSSR count). The van der Waals surface area contributed by atoms with Crippen LogP contribution in [0, 0.1) is 0 Å². The van der Waals surface area contributed by atoms with Gasteiger partial charge in [-0.1, -0.05) is 31.4 Å². The zero-order valence-corrected chi connectivity index (χ0v) is 13.8. The molecule has 0 unspecified atom stereocenters. The fraction of sp³-hybridized carbons (Fsp3) is 0.556.